The van der Waals surface area contributed by atoms with E-state index in [1.54, 1.807) is 0 Å². The summed E-state index contributed by atoms with van der Waals surface area (Å²) in [6, 6.07) is 6.57. The number of fused-ring (bicyclic) bond motifs is 1. The second kappa shape index (κ2) is 6.06. The van der Waals surface area contributed by atoms with E-state index in [2.05, 4.69) is 4.72 Å². The van der Waals surface area contributed by atoms with Crippen LogP contribution in [0.25, 0.3) is 10.8 Å². The molecule has 0 saturated heterocycles. The van der Waals surface area contributed by atoms with Crippen LogP contribution in [0.3, 0.4) is 0 Å². The third kappa shape index (κ3) is 4.50. The molecular weight excluding hydrogens is 402 g/mol. The van der Waals surface area contributed by atoms with E-state index in [-0.39, 0.29) is 16.5 Å². The van der Waals surface area contributed by atoms with Crippen molar-refractivity contribution in [2.24, 2.45) is 0 Å². The average molecular weight is 414 g/mol. The molecule has 0 aromatic heterocycles. The Balaban J connectivity index is 2.88. The summed E-state index contributed by atoms with van der Waals surface area (Å²) in [4.78, 5) is -0.543. The maximum absolute atomic E-state index is 11.7. The van der Waals surface area contributed by atoms with Crippen molar-refractivity contribution in [2.75, 3.05) is 17.2 Å². The summed E-state index contributed by atoms with van der Waals surface area (Å²) < 4.78 is 76.2. The predicted octanol–water partition coefficient (Wildman–Crippen LogP) is 1.48. The zero-order chi connectivity index (χ0) is 18.3. The highest BCUT2D eigenvalue weighted by atomic mass is 35.7. The fourth-order valence-corrected chi connectivity index (χ4v) is 4.11. The quantitative estimate of drug-likeness (QED) is 0.581. The van der Waals surface area contributed by atoms with Gasteiger partial charge < -0.3 is 4.18 Å². The molecule has 0 aliphatic carbocycles. The summed E-state index contributed by atoms with van der Waals surface area (Å²) in [5.74, 6) is -0.498. The number of anilines is 1. The van der Waals surface area contributed by atoms with Gasteiger partial charge in [0, 0.05) is 21.5 Å². The molecule has 12 heteroatoms. The Morgan fingerprint density at radius 2 is 1.54 bits per heavy atom. The van der Waals surface area contributed by atoms with Crippen LogP contribution in [0.4, 0.5) is 5.69 Å². The molecule has 0 bridgehead atoms. The molecule has 0 radical (unpaired) electrons. The summed E-state index contributed by atoms with van der Waals surface area (Å²) in [5.41, 5.74) is 0.131. The van der Waals surface area contributed by atoms with Crippen LogP contribution in [0.5, 0.6) is 5.75 Å². The second-order valence-corrected chi connectivity index (χ2v) is 10.8. The second-order valence-electron chi connectivity index (χ2n) is 4.89. The van der Waals surface area contributed by atoms with E-state index in [1.165, 1.54) is 24.3 Å². The number of hydrogen-bond donors (Lipinski definition) is 1. The third-order valence-electron chi connectivity index (χ3n) is 2.77. The molecule has 1 N–H and O–H groups in total. The molecule has 0 fully saturated rings. The molecule has 0 heterocycles. The predicted molar refractivity (Wildman–Crippen MR) is 90.9 cm³/mol. The van der Waals surface area contributed by atoms with E-state index in [0.717, 1.165) is 18.6 Å². The lowest BCUT2D eigenvalue weighted by Crippen LogP contribution is -2.11. The first-order valence-corrected chi connectivity index (χ1v) is 12.2. The standard InChI is InChI=1S/C12H12ClNO7S3/c1-22(15,16)14-10-5-3-4-9-8(10)6-7-11(24(13,19)20)12(9)21-23(2,17)18/h3-7,14H,1-2H3. The van der Waals surface area contributed by atoms with E-state index in [9.17, 15) is 25.3 Å². The maximum atomic E-state index is 11.7. The van der Waals surface area contributed by atoms with Gasteiger partial charge in [-0.05, 0) is 12.1 Å². The van der Waals surface area contributed by atoms with Crippen LogP contribution in [-0.4, -0.2) is 37.8 Å². The lowest BCUT2D eigenvalue weighted by atomic mass is 10.1. The van der Waals surface area contributed by atoms with Crippen LogP contribution in [-0.2, 0) is 29.2 Å². The van der Waals surface area contributed by atoms with Crippen molar-refractivity contribution in [3.05, 3.63) is 30.3 Å². The highest BCUT2D eigenvalue weighted by Gasteiger charge is 2.23. The van der Waals surface area contributed by atoms with Crippen LogP contribution in [0.2, 0.25) is 0 Å². The SMILES string of the molecule is CS(=O)(=O)Nc1cccc2c(OS(C)(=O)=O)c(S(=O)(=O)Cl)ccc12. The van der Waals surface area contributed by atoms with Gasteiger partial charge in [0.2, 0.25) is 10.0 Å². The summed E-state index contributed by atoms with van der Waals surface area (Å²) in [5, 5.41) is 0.307. The van der Waals surface area contributed by atoms with Crippen LogP contribution < -0.4 is 8.91 Å². The molecule has 0 saturated carbocycles. The molecule has 0 atom stereocenters. The van der Waals surface area contributed by atoms with Crippen LogP contribution in [0.1, 0.15) is 0 Å². The molecule has 0 aliphatic heterocycles. The van der Waals surface area contributed by atoms with E-state index >= 15 is 0 Å². The molecule has 2 rings (SSSR count). The summed E-state index contributed by atoms with van der Waals surface area (Å²) in [6.45, 7) is 0. The van der Waals surface area contributed by atoms with E-state index in [4.69, 9.17) is 14.9 Å². The number of benzene rings is 2. The van der Waals surface area contributed by atoms with Crippen molar-refractivity contribution in [1.29, 1.82) is 0 Å². The molecule has 132 valence electrons. The third-order valence-corrected chi connectivity index (χ3v) is 5.17. The number of hydrogen-bond acceptors (Lipinski definition) is 7. The van der Waals surface area contributed by atoms with Crippen molar-refractivity contribution in [3.8, 4) is 5.75 Å². The first-order chi connectivity index (χ1) is 10.8. The minimum absolute atomic E-state index is 0.0656. The fraction of sp³-hybridized carbons (Fsp3) is 0.167. The van der Waals surface area contributed by atoms with Crippen LogP contribution in [0, 0.1) is 0 Å². The maximum Gasteiger partial charge on any atom is 0.306 e. The Morgan fingerprint density at radius 1 is 0.917 bits per heavy atom. The van der Waals surface area contributed by atoms with E-state index in [0.29, 0.717) is 0 Å². The topological polar surface area (TPSA) is 124 Å². The Morgan fingerprint density at radius 3 is 2.04 bits per heavy atom. The van der Waals surface area contributed by atoms with Gasteiger partial charge in [-0.15, -0.1) is 0 Å². The number of halogens is 1. The van der Waals surface area contributed by atoms with E-state index in [1.807, 2.05) is 0 Å². The van der Waals surface area contributed by atoms with Gasteiger partial charge in [0.05, 0.1) is 18.2 Å². The Kier molecular flexibility index (Phi) is 4.74. The molecular formula is C12H12ClNO7S3. The molecule has 0 unspecified atom stereocenters. The summed E-state index contributed by atoms with van der Waals surface area (Å²) in [7, 11) is -6.65. The molecule has 0 spiro atoms. The molecule has 8 nitrogen and oxygen atoms in total. The Bertz CT molecular complexity index is 1120. The lowest BCUT2D eigenvalue weighted by molar-refractivity contribution is 0.489. The lowest BCUT2D eigenvalue weighted by Gasteiger charge is -2.13. The Labute approximate surface area is 144 Å². The van der Waals surface area contributed by atoms with Gasteiger partial charge in [-0.25, -0.2) is 16.8 Å². The minimum Gasteiger partial charge on any atom is -0.380 e. The largest absolute Gasteiger partial charge is 0.380 e. The monoisotopic (exact) mass is 413 g/mol. The van der Waals surface area contributed by atoms with Gasteiger partial charge in [-0.3, -0.25) is 4.72 Å². The zero-order valence-electron chi connectivity index (χ0n) is 12.3. The smallest absolute Gasteiger partial charge is 0.306 e. The van der Waals surface area contributed by atoms with Gasteiger partial charge in [0.25, 0.3) is 9.05 Å². The first kappa shape index (κ1) is 18.8. The van der Waals surface area contributed by atoms with Crippen molar-refractivity contribution >= 4 is 56.3 Å². The van der Waals surface area contributed by atoms with Gasteiger partial charge in [0.1, 0.15) is 4.90 Å². The van der Waals surface area contributed by atoms with Crippen molar-refractivity contribution in [2.45, 2.75) is 4.90 Å². The summed E-state index contributed by atoms with van der Waals surface area (Å²) in [6.07, 6.45) is 1.69. The van der Waals surface area contributed by atoms with Crippen molar-refractivity contribution in [3.63, 3.8) is 0 Å². The average Bonchev–Trinajstić information content (AvgIpc) is 2.34. The minimum atomic E-state index is -4.30. The zero-order valence-corrected chi connectivity index (χ0v) is 15.6. The Hall–Kier alpha value is -1.56. The van der Waals surface area contributed by atoms with Gasteiger partial charge >= 0.3 is 10.1 Å². The number of sulfonamides is 1. The molecule has 0 amide bonds. The van der Waals surface area contributed by atoms with Crippen molar-refractivity contribution < 1.29 is 29.4 Å². The highest BCUT2D eigenvalue weighted by Crippen LogP contribution is 2.38. The molecule has 2 aromatic carbocycles. The first-order valence-electron chi connectivity index (χ1n) is 6.15. The fourth-order valence-electron chi connectivity index (χ4n) is 2.03. The number of nitrogens with one attached hydrogen (secondary N) is 1. The van der Waals surface area contributed by atoms with Gasteiger partial charge in [-0.1, -0.05) is 18.2 Å². The summed E-state index contributed by atoms with van der Waals surface area (Å²) >= 11 is 0. The highest BCUT2D eigenvalue weighted by molar-refractivity contribution is 8.13. The van der Waals surface area contributed by atoms with Crippen molar-refractivity contribution in [1.82, 2.24) is 0 Å². The van der Waals surface area contributed by atoms with Gasteiger partial charge in [-0.2, -0.15) is 8.42 Å². The molecule has 2 aromatic rings. The normalized spacial score (nSPS) is 13.0. The number of rotatable bonds is 5. The van der Waals surface area contributed by atoms with Crippen LogP contribution >= 0.6 is 10.7 Å². The van der Waals surface area contributed by atoms with E-state index < -0.39 is 39.8 Å². The molecule has 24 heavy (non-hydrogen) atoms. The van der Waals surface area contributed by atoms with Crippen LogP contribution in [0.15, 0.2) is 35.2 Å². The van der Waals surface area contributed by atoms with Gasteiger partial charge in [0.15, 0.2) is 5.75 Å². The molecule has 0 aliphatic rings.